The number of nitrogens with one attached hydrogen (secondary N) is 2. The number of hydrogen-bond acceptors (Lipinski definition) is 4. The molecule has 0 radical (unpaired) electrons. The molecule has 1 aliphatic rings. The molecular formula is C20H19ClN2O4. The maximum Gasteiger partial charge on any atom is 0.338 e. The molecule has 27 heavy (non-hydrogen) atoms. The van der Waals surface area contributed by atoms with Gasteiger partial charge >= 0.3 is 12.0 Å². The maximum atomic E-state index is 12.8. The van der Waals surface area contributed by atoms with Crippen molar-refractivity contribution in [3.8, 4) is 5.75 Å². The van der Waals surface area contributed by atoms with Gasteiger partial charge in [0.25, 0.3) is 0 Å². The molecule has 2 N–H and O–H groups in total. The first-order valence-corrected chi connectivity index (χ1v) is 8.69. The Morgan fingerprint density at radius 3 is 2.59 bits per heavy atom. The van der Waals surface area contributed by atoms with Crippen LogP contribution in [-0.2, 0) is 16.1 Å². The van der Waals surface area contributed by atoms with Crippen LogP contribution in [0, 0.1) is 0 Å². The molecule has 2 aromatic carbocycles. The fourth-order valence-corrected chi connectivity index (χ4v) is 3.05. The summed E-state index contributed by atoms with van der Waals surface area (Å²) < 4.78 is 10.6. The Bertz CT molecular complexity index is 893. The molecule has 0 bridgehead atoms. The van der Waals surface area contributed by atoms with E-state index in [0.29, 0.717) is 21.9 Å². The Kier molecular flexibility index (Phi) is 5.66. The molecule has 6 nitrogen and oxygen atoms in total. The lowest BCUT2D eigenvalue weighted by Crippen LogP contribution is -2.45. The van der Waals surface area contributed by atoms with Gasteiger partial charge in [0.05, 0.1) is 18.7 Å². The van der Waals surface area contributed by atoms with E-state index in [1.807, 2.05) is 12.1 Å². The van der Waals surface area contributed by atoms with E-state index in [2.05, 4.69) is 10.6 Å². The molecule has 7 heteroatoms. The number of benzene rings is 2. The summed E-state index contributed by atoms with van der Waals surface area (Å²) in [6.45, 7) is 1.77. The number of rotatable bonds is 5. The number of carbonyl (C=O) groups excluding carboxylic acids is 2. The summed E-state index contributed by atoms with van der Waals surface area (Å²) in [5.41, 5.74) is 2.32. The van der Waals surface area contributed by atoms with E-state index >= 15 is 0 Å². The van der Waals surface area contributed by atoms with Gasteiger partial charge in [-0.1, -0.05) is 35.9 Å². The van der Waals surface area contributed by atoms with Gasteiger partial charge in [-0.2, -0.15) is 0 Å². The molecule has 140 valence electrons. The second-order valence-electron chi connectivity index (χ2n) is 6.05. The maximum absolute atomic E-state index is 12.8. The SMILES string of the molecule is COc1ccc(COC(=O)C2=C(C)NC(=O)NC2c2cccc(Cl)c2)cc1. The summed E-state index contributed by atoms with van der Waals surface area (Å²) in [5, 5.41) is 5.89. The number of methoxy groups -OCH3 is 1. The molecule has 0 aliphatic carbocycles. The molecule has 0 fully saturated rings. The predicted molar refractivity (Wildman–Crippen MR) is 101 cm³/mol. The van der Waals surface area contributed by atoms with Crippen LogP contribution in [0.5, 0.6) is 5.75 Å². The molecule has 2 amide bonds. The van der Waals surface area contributed by atoms with Gasteiger partial charge in [0, 0.05) is 10.7 Å². The van der Waals surface area contributed by atoms with Crippen molar-refractivity contribution < 1.29 is 19.1 Å². The molecule has 3 rings (SSSR count). The van der Waals surface area contributed by atoms with Crippen LogP contribution in [0.3, 0.4) is 0 Å². The molecule has 1 unspecified atom stereocenters. The van der Waals surface area contributed by atoms with Crippen molar-refractivity contribution in [2.24, 2.45) is 0 Å². The number of amides is 2. The highest BCUT2D eigenvalue weighted by atomic mass is 35.5. The van der Waals surface area contributed by atoms with Crippen molar-refractivity contribution in [3.63, 3.8) is 0 Å². The van der Waals surface area contributed by atoms with Crippen LogP contribution in [0.1, 0.15) is 24.1 Å². The van der Waals surface area contributed by atoms with Gasteiger partial charge in [-0.15, -0.1) is 0 Å². The van der Waals surface area contributed by atoms with Gasteiger partial charge in [-0.3, -0.25) is 0 Å². The minimum atomic E-state index is -0.638. The fraction of sp³-hybridized carbons (Fsp3) is 0.200. The summed E-state index contributed by atoms with van der Waals surface area (Å²) in [6, 6.07) is 13.2. The largest absolute Gasteiger partial charge is 0.497 e. The molecule has 1 atom stereocenters. The number of hydrogen-bond donors (Lipinski definition) is 2. The highest BCUT2D eigenvalue weighted by molar-refractivity contribution is 6.30. The van der Waals surface area contributed by atoms with Gasteiger partial charge in [-0.05, 0) is 42.3 Å². The second-order valence-corrected chi connectivity index (χ2v) is 6.49. The van der Waals surface area contributed by atoms with Gasteiger partial charge in [0.15, 0.2) is 0 Å². The highest BCUT2D eigenvalue weighted by Gasteiger charge is 2.32. The van der Waals surface area contributed by atoms with Crippen molar-refractivity contribution in [2.75, 3.05) is 7.11 Å². The highest BCUT2D eigenvalue weighted by Crippen LogP contribution is 2.29. The average Bonchev–Trinajstić information content (AvgIpc) is 2.66. The summed E-state index contributed by atoms with van der Waals surface area (Å²) in [6.07, 6.45) is 0. The van der Waals surface area contributed by atoms with Crippen LogP contribution < -0.4 is 15.4 Å². The molecule has 2 aromatic rings. The lowest BCUT2D eigenvalue weighted by atomic mass is 9.95. The van der Waals surface area contributed by atoms with Gasteiger partial charge in [-0.25, -0.2) is 9.59 Å². The fourth-order valence-electron chi connectivity index (χ4n) is 2.85. The Hall–Kier alpha value is -2.99. The first-order chi connectivity index (χ1) is 13.0. The smallest absolute Gasteiger partial charge is 0.338 e. The Labute approximate surface area is 162 Å². The molecule has 0 spiro atoms. The Morgan fingerprint density at radius 1 is 1.19 bits per heavy atom. The van der Waals surface area contributed by atoms with Crippen molar-refractivity contribution in [3.05, 3.63) is 76.0 Å². The van der Waals surface area contributed by atoms with Crippen molar-refractivity contribution in [2.45, 2.75) is 19.6 Å². The predicted octanol–water partition coefficient (Wildman–Crippen LogP) is 3.72. The number of urea groups is 1. The van der Waals surface area contributed by atoms with Crippen LogP contribution >= 0.6 is 11.6 Å². The number of ether oxygens (including phenoxy) is 2. The van der Waals surface area contributed by atoms with E-state index in [0.717, 1.165) is 11.3 Å². The normalized spacial score (nSPS) is 16.4. The number of esters is 1. The van der Waals surface area contributed by atoms with Crippen LogP contribution in [0.2, 0.25) is 5.02 Å². The third kappa shape index (κ3) is 4.41. The first kappa shape index (κ1) is 18.8. The number of allylic oxidation sites excluding steroid dienone is 1. The van der Waals surface area contributed by atoms with E-state index in [1.165, 1.54) is 0 Å². The van der Waals surface area contributed by atoms with Gasteiger partial charge in [0.2, 0.25) is 0 Å². The Balaban J connectivity index is 1.80. The average molecular weight is 387 g/mol. The zero-order chi connectivity index (χ0) is 19.4. The standard InChI is InChI=1S/C20H19ClN2O4/c1-12-17(19(24)27-11-13-6-8-16(26-2)9-7-13)18(23-20(25)22-12)14-4-3-5-15(21)10-14/h3-10,18H,11H2,1-2H3,(H2,22,23,25). The minimum Gasteiger partial charge on any atom is -0.497 e. The van der Waals surface area contributed by atoms with Crippen molar-refractivity contribution in [1.29, 1.82) is 0 Å². The zero-order valence-corrected chi connectivity index (χ0v) is 15.7. The Morgan fingerprint density at radius 2 is 1.93 bits per heavy atom. The van der Waals surface area contributed by atoms with E-state index in [4.69, 9.17) is 21.1 Å². The molecular weight excluding hydrogens is 368 g/mol. The molecule has 0 aromatic heterocycles. The molecule has 0 saturated carbocycles. The summed E-state index contributed by atoms with van der Waals surface area (Å²) in [5.74, 6) is 0.213. The van der Waals surface area contributed by atoms with E-state index in [9.17, 15) is 9.59 Å². The minimum absolute atomic E-state index is 0.107. The molecule has 1 aliphatic heterocycles. The molecule has 0 saturated heterocycles. The second kappa shape index (κ2) is 8.14. The van der Waals surface area contributed by atoms with Crippen LogP contribution in [-0.4, -0.2) is 19.1 Å². The number of carbonyl (C=O) groups is 2. The molecule has 1 heterocycles. The third-order valence-electron chi connectivity index (χ3n) is 4.20. The van der Waals surface area contributed by atoms with E-state index < -0.39 is 12.0 Å². The van der Waals surface area contributed by atoms with Crippen molar-refractivity contribution >= 4 is 23.6 Å². The van der Waals surface area contributed by atoms with E-state index in [1.54, 1.807) is 50.4 Å². The van der Waals surface area contributed by atoms with Crippen molar-refractivity contribution in [1.82, 2.24) is 10.6 Å². The summed E-state index contributed by atoms with van der Waals surface area (Å²) in [4.78, 5) is 24.6. The topological polar surface area (TPSA) is 76.7 Å². The van der Waals surface area contributed by atoms with Crippen LogP contribution in [0.4, 0.5) is 4.79 Å². The lowest BCUT2D eigenvalue weighted by Gasteiger charge is -2.28. The summed E-state index contributed by atoms with van der Waals surface area (Å²) in [7, 11) is 1.59. The first-order valence-electron chi connectivity index (χ1n) is 8.31. The monoisotopic (exact) mass is 386 g/mol. The number of halogens is 1. The zero-order valence-electron chi connectivity index (χ0n) is 14.9. The summed E-state index contributed by atoms with van der Waals surface area (Å²) >= 11 is 6.06. The van der Waals surface area contributed by atoms with E-state index in [-0.39, 0.29) is 12.6 Å². The third-order valence-corrected chi connectivity index (χ3v) is 4.44. The van der Waals surface area contributed by atoms with Gasteiger partial charge in [0.1, 0.15) is 12.4 Å². The van der Waals surface area contributed by atoms with Gasteiger partial charge < -0.3 is 20.1 Å². The quantitative estimate of drug-likeness (QED) is 0.768. The lowest BCUT2D eigenvalue weighted by molar-refractivity contribution is -0.140. The van der Waals surface area contributed by atoms with Crippen LogP contribution in [0.25, 0.3) is 0 Å². The van der Waals surface area contributed by atoms with Crippen LogP contribution in [0.15, 0.2) is 59.8 Å².